The lowest BCUT2D eigenvalue weighted by Gasteiger charge is -2.17. The van der Waals surface area contributed by atoms with Crippen LogP contribution >= 0.6 is 0 Å². The van der Waals surface area contributed by atoms with Gasteiger partial charge in [0.25, 0.3) is 0 Å². The lowest BCUT2D eigenvalue weighted by atomic mass is 9.88. The summed E-state index contributed by atoms with van der Waals surface area (Å²) in [6.07, 6.45) is 16.6. The molecule has 0 aromatic heterocycles. The first-order valence-corrected chi connectivity index (χ1v) is 7.59. The van der Waals surface area contributed by atoms with Crippen LogP contribution in [0.1, 0.15) is 51.4 Å². The van der Waals surface area contributed by atoms with E-state index < -0.39 is 0 Å². The van der Waals surface area contributed by atoms with Gasteiger partial charge in [0.2, 0.25) is 0 Å². The molecule has 0 spiro atoms. The number of unbranched alkanes of at least 4 members (excludes halogenated alkanes) is 4. The SMILES string of the molecule is CN(C)CCCCCCCC1CC2C=CC1C2. The van der Waals surface area contributed by atoms with Crippen LogP contribution in [-0.2, 0) is 0 Å². The average molecular weight is 235 g/mol. The van der Waals surface area contributed by atoms with Crippen LogP contribution in [0.2, 0.25) is 0 Å². The topological polar surface area (TPSA) is 3.24 Å². The fraction of sp³-hybridized carbons (Fsp3) is 0.875. The zero-order chi connectivity index (χ0) is 12.1. The van der Waals surface area contributed by atoms with E-state index in [1.807, 2.05) is 0 Å². The number of hydrogen-bond acceptors (Lipinski definition) is 1. The van der Waals surface area contributed by atoms with Crippen molar-refractivity contribution < 1.29 is 0 Å². The number of fused-ring (bicyclic) bond motifs is 2. The summed E-state index contributed by atoms with van der Waals surface area (Å²) in [6, 6.07) is 0. The van der Waals surface area contributed by atoms with Crippen molar-refractivity contribution in [2.24, 2.45) is 17.8 Å². The number of allylic oxidation sites excluding steroid dienone is 2. The van der Waals surface area contributed by atoms with Crippen molar-refractivity contribution in [1.82, 2.24) is 4.90 Å². The summed E-state index contributed by atoms with van der Waals surface area (Å²) >= 11 is 0. The molecule has 1 fully saturated rings. The zero-order valence-corrected chi connectivity index (χ0v) is 11.7. The third kappa shape index (κ3) is 4.13. The van der Waals surface area contributed by atoms with Crippen molar-refractivity contribution in [1.29, 1.82) is 0 Å². The highest BCUT2D eigenvalue weighted by molar-refractivity contribution is 5.09. The van der Waals surface area contributed by atoms with Gasteiger partial charge in [-0.15, -0.1) is 0 Å². The van der Waals surface area contributed by atoms with Crippen LogP contribution in [-0.4, -0.2) is 25.5 Å². The standard InChI is InChI=1S/C16H29N/c1-17(2)11-7-5-3-4-6-8-15-12-14-9-10-16(15)13-14/h9-10,14-16H,3-8,11-13H2,1-2H3. The van der Waals surface area contributed by atoms with Crippen LogP contribution in [0.3, 0.4) is 0 Å². The van der Waals surface area contributed by atoms with Gasteiger partial charge in [-0.2, -0.15) is 0 Å². The minimum Gasteiger partial charge on any atom is -0.309 e. The van der Waals surface area contributed by atoms with Crippen LogP contribution in [0.4, 0.5) is 0 Å². The molecule has 98 valence electrons. The molecule has 2 aliphatic rings. The maximum absolute atomic E-state index is 2.50. The highest BCUT2D eigenvalue weighted by Gasteiger charge is 2.34. The smallest absolute Gasteiger partial charge is 0.00248 e. The van der Waals surface area contributed by atoms with Gasteiger partial charge in [0, 0.05) is 0 Å². The number of rotatable bonds is 8. The van der Waals surface area contributed by atoms with E-state index >= 15 is 0 Å². The third-order valence-corrected chi connectivity index (χ3v) is 4.60. The van der Waals surface area contributed by atoms with Crippen molar-refractivity contribution in [3.05, 3.63) is 12.2 Å². The molecule has 2 aliphatic carbocycles. The van der Waals surface area contributed by atoms with Gasteiger partial charge in [-0.25, -0.2) is 0 Å². The zero-order valence-electron chi connectivity index (χ0n) is 11.7. The Morgan fingerprint density at radius 1 is 0.941 bits per heavy atom. The van der Waals surface area contributed by atoms with Crippen molar-refractivity contribution in [3.63, 3.8) is 0 Å². The van der Waals surface area contributed by atoms with Crippen LogP contribution in [0.15, 0.2) is 12.2 Å². The Labute approximate surface area is 107 Å². The van der Waals surface area contributed by atoms with Gasteiger partial charge in [-0.1, -0.05) is 37.8 Å². The second kappa shape index (κ2) is 6.58. The van der Waals surface area contributed by atoms with Gasteiger partial charge >= 0.3 is 0 Å². The Kier molecular flexibility index (Phi) is 5.09. The molecule has 3 atom stereocenters. The number of hydrogen-bond donors (Lipinski definition) is 0. The first-order valence-electron chi connectivity index (χ1n) is 7.59. The van der Waals surface area contributed by atoms with E-state index in [2.05, 4.69) is 31.1 Å². The molecule has 17 heavy (non-hydrogen) atoms. The van der Waals surface area contributed by atoms with Crippen molar-refractivity contribution in [3.8, 4) is 0 Å². The maximum atomic E-state index is 2.50. The molecule has 0 radical (unpaired) electrons. The van der Waals surface area contributed by atoms with Crippen LogP contribution in [0.25, 0.3) is 0 Å². The van der Waals surface area contributed by atoms with E-state index in [4.69, 9.17) is 0 Å². The quantitative estimate of drug-likeness (QED) is 0.452. The molecular formula is C16H29N. The molecule has 1 saturated carbocycles. The molecule has 0 N–H and O–H groups in total. The Balaban J connectivity index is 1.43. The van der Waals surface area contributed by atoms with Crippen molar-refractivity contribution in [2.75, 3.05) is 20.6 Å². The Morgan fingerprint density at radius 3 is 2.35 bits per heavy atom. The van der Waals surface area contributed by atoms with Gasteiger partial charge in [0.15, 0.2) is 0 Å². The number of nitrogens with zero attached hydrogens (tertiary/aromatic N) is 1. The second-order valence-corrected chi connectivity index (χ2v) is 6.40. The van der Waals surface area contributed by atoms with Gasteiger partial charge in [-0.05, 0) is 64.1 Å². The predicted octanol–water partition coefficient (Wildman–Crippen LogP) is 4.10. The lowest BCUT2D eigenvalue weighted by molar-refractivity contribution is 0.377. The summed E-state index contributed by atoms with van der Waals surface area (Å²) in [5.74, 6) is 2.98. The predicted molar refractivity (Wildman–Crippen MR) is 75.1 cm³/mol. The normalized spacial score (nSPS) is 30.6. The Hall–Kier alpha value is -0.300. The summed E-state index contributed by atoms with van der Waals surface area (Å²) in [7, 11) is 4.34. The van der Waals surface area contributed by atoms with E-state index in [-0.39, 0.29) is 0 Å². The molecule has 2 bridgehead atoms. The molecule has 3 unspecified atom stereocenters. The van der Waals surface area contributed by atoms with Gasteiger partial charge in [0.05, 0.1) is 0 Å². The van der Waals surface area contributed by atoms with E-state index in [0.29, 0.717) is 0 Å². The van der Waals surface area contributed by atoms with Crippen LogP contribution in [0, 0.1) is 17.8 Å². The highest BCUT2D eigenvalue weighted by Crippen LogP contribution is 2.45. The minimum atomic E-state index is 0.963. The molecule has 0 saturated heterocycles. The average Bonchev–Trinajstić information content (AvgIpc) is 2.89. The molecule has 0 aromatic carbocycles. The molecule has 0 aliphatic heterocycles. The van der Waals surface area contributed by atoms with E-state index in [1.165, 1.54) is 57.9 Å². The van der Waals surface area contributed by atoms with E-state index in [9.17, 15) is 0 Å². The summed E-state index contributed by atoms with van der Waals surface area (Å²) < 4.78 is 0. The van der Waals surface area contributed by atoms with Crippen molar-refractivity contribution >= 4 is 0 Å². The fourth-order valence-electron chi connectivity index (χ4n) is 3.59. The fourth-order valence-corrected chi connectivity index (χ4v) is 3.59. The molecule has 0 aromatic rings. The molecule has 2 rings (SSSR count). The monoisotopic (exact) mass is 235 g/mol. The molecule has 0 amide bonds. The molecule has 0 heterocycles. The van der Waals surface area contributed by atoms with Crippen LogP contribution < -0.4 is 0 Å². The largest absolute Gasteiger partial charge is 0.309 e. The first-order chi connectivity index (χ1) is 8.25. The Bertz CT molecular complexity index is 244. The lowest BCUT2D eigenvalue weighted by Crippen LogP contribution is -2.12. The van der Waals surface area contributed by atoms with Crippen molar-refractivity contribution in [2.45, 2.75) is 51.4 Å². The Morgan fingerprint density at radius 2 is 1.71 bits per heavy atom. The van der Waals surface area contributed by atoms with Gasteiger partial charge < -0.3 is 4.90 Å². The molecule has 1 nitrogen and oxygen atoms in total. The summed E-state index contributed by atoms with van der Waals surface area (Å²) in [5, 5.41) is 0. The second-order valence-electron chi connectivity index (χ2n) is 6.40. The highest BCUT2D eigenvalue weighted by atomic mass is 15.0. The minimum absolute atomic E-state index is 0.963. The summed E-state index contributed by atoms with van der Waals surface area (Å²) in [4.78, 5) is 2.29. The van der Waals surface area contributed by atoms with Crippen LogP contribution in [0.5, 0.6) is 0 Å². The van der Waals surface area contributed by atoms with Gasteiger partial charge in [0.1, 0.15) is 0 Å². The first kappa shape index (κ1) is 13.1. The molecule has 1 heteroatoms. The molecular weight excluding hydrogens is 206 g/mol. The van der Waals surface area contributed by atoms with E-state index in [0.717, 1.165) is 17.8 Å². The summed E-state index contributed by atoms with van der Waals surface area (Å²) in [6.45, 7) is 1.26. The summed E-state index contributed by atoms with van der Waals surface area (Å²) in [5.41, 5.74) is 0. The van der Waals surface area contributed by atoms with E-state index in [1.54, 1.807) is 0 Å². The van der Waals surface area contributed by atoms with Gasteiger partial charge in [-0.3, -0.25) is 0 Å². The maximum Gasteiger partial charge on any atom is -0.00248 e. The third-order valence-electron chi connectivity index (χ3n) is 4.60.